The summed E-state index contributed by atoms with van der Waals surface area (Å²) in [6, 6.07) is 0. The summed E-state index contributed by atoms with van der Waals surface area (Å²) in [7, 11) is 0. The highest BCUT2D eigenvalue weighted by Crippen LogP contribution is 2.21. The normalized spacial score (nSPS) is 18.3. The second-order valence-corrected chi connectivity index (χ2v) is 3.36. The third-order valence-electron chi connectivity index (χ3n) is 2.09. The van der Waals surface area contributed by atoms with E-state index in [4.69, 9.17) is 9.47 Å². The number of nitrogens with zero attached hydrogens (tertiary/aromatic N) is 1. The van der Waals surface area contributed by atoms with E-state index in [2.05, 4.69) is 4.99 Å². The van der Waals surface area contributed by atoms with Crippen LogP contribution in [0.1, 0.15) is 39.5 Å². The highest BCUT2D eigenvalue weighted by Gasteiger charge is 2.19. The number of hydrogen-bond acceptors (Lipinski definition) is 4. The fourth-order valence-corrected chi connectivity index (χ4v) is 1.49. The van der Waals surface area contributed by atoms with Crippen molar-refractivity contribution in [3.05, 3.63) is 0 Å². The molecule has 0 amide bonds. The highest BCUT2D eigenvalue weighted by atomic mass is 16.7. The fraction of sp³-hybridized carbons (Fsp3) is 0.800. The molecule has 80 valence electrons. The molecule has 1 rings (SSSR count). The van der Waals surface area contributed by atoms with Gasteiger partial charge in [-0.05, 0) is 32.6 Å². The van der Waals surface area contributed by atoms with Crippen LogP contribution in [0, 0.1) is 0 Å². The molecule has 0 aromatic carbocycles. The minimum Gasteiger partial charge on any atom is -0.447 e. The van der Waals surface area contributed by atoms with Gasteiger partial charge in [-0.15, -0.1) is 0 Å². The molecule has 1 fully saturated rings. The van der Waals surface area contributed by atoms with Crippen molar-refractivity contribution in [2.24, 2.45) is 4.99 Å². The lowest BCUT2D eigenvalue weighted by Gasteiger charge is -2.13. The Balaban J connectivity index is 2.41. The third-order valence-corrected chi connectivity index (χ3v) is 2.09. The molecular formula is C10H17NO3. The topological polar surface area (TPSA) is 47.9 Å². The molecule has 1 aliphatic carbocycles. The Morgan fingerprint density at radius 3 is 2.57 bits per heavy atom. The van der Waals surface area contributed by atoms with Gasteiger partial charge in [0.05, 0.1) is 0 Å². The monoisotopic (exact) mass is 199 g/mol. The first-order valence-corrected chi connectivity index (χ1v) is 5.12. The first-order valence-electron chi connectivity index (χ1n) is 5.12. The number of aliphatic imine (C=N–C) groups is 1. The summed E-state index contributed by atoms with van der Waals surface area (Å²) in [4.78, 5) is 14.7. The summed E-state index contributed by atoms with van der Waals surface area (Å²) in [5.74, 6) is -0.379. The molecule has 4 heteroatoms. The van der Waals surface area contributed by atoms with E-state index < -0.39 is 0 Å². The van der Waals surface area contributed by atoms with Crippen LogP contribution >= 0.6 is 0 Å². The minimum atomic E-state index is -0.379. The molecule has 0 spiro atoms. The Morgan fingerprint density at radius 2 is 2.07 bits per heavy atom. The SMILES string of the molecule is CCN=C(OC(C)=O)OC1CCCC1. The Labute approximate surface area is 84.3 Å². The number of ether oxygens (including phenoxy) is 2. The van der Waals surface area contributed by atoms with Gasteiger partial charge >= 0.3 is 12.1 Å². The van der Waals surface area contributed by atoms with Crippen molar-refractivity contribution in [1.29, 1.82) is 0 Å². The summed E-state index contributed by atoms with van der Waals surface area (Å²) in [6.07, 6.45) is 4.74. The van der Waals surface area contributed by atoms with Gasteiger partial charge < -0.3 is 9.47 Å². The predicted molar refractivity (Wildman–Crippen MR) is 53.1 cm³/mol. The van der Waals surface area contributed by atoms with E-state index in [1.165, 1.54) is 19.8 Å². The van der Waals surface area contributed by atoms with Crippen LogP contribution in [0.5, 0.6) is 0 Å². The number of hydrogen-bond donors (Lipinski definition) is 0. The Bertz CT molecular complexity index is 219. The molecule has 1 saturated carbocycles. The summed E-state index contributed by atoms with van der Waals surface area (Å²) in [6.45, 7) is 3.79. The van der Waals surface area contributed by atoms with Crippen molar-refractivity contribution in [3.63, 3.8) is 0 Å². The molecule has 0 saturated heterocycles. The zero-order chi connectivity index (χ0) is 10.4. The number of esters is 1. The van der Waals surface area contributed by atoms with E-state index in [1.807, 2.05) is 6.92 Å². The second-order valence-electron chi connectivity index (χ2n) is 3.36. The van der Waals surface area contributed by atoms with Crippen LogP contribution in [-0.4, -0.2) is 24.7 Å². The first kappa shape index (κ1) is 11.0. The lowest BCUT2D eigenvalue weighted by molar-refractivity contribution is -0.135. The van der Waals surface area contributed by atoms with Crippen LogP contribution in [0.4, 0.5) is 0 Å². The molecule has 0 heterocycles. The van der Waals surface area contributed by atoms with Crippen molar-refractivity contribution in [3.8, 4) is 0 Å². The fourth-order valence-electron chi connectivity index (χ4n) is 1.49. The molecule has 0 bridgehead atoms. The van der Waals surface area contributed by atoms with E-state index in [9.17, 15) is 4.79 Å². The van der Waals surface area contributed by atoms with E-state index in [0.29, 0.717) is 6.54 Å². The standard InChI is InChI=1S/C10H17NO3/c1-3-11-10(13-8(2)12)14-9-6-4-5-7-9/h9H,3-7H2,1-2H3. The van der Waals surface area contributed by atoms with Gasteiger partial charge in [-0.25, -0.2) is 4.99 Å². The lowest BCUT2D eigenvalue weighted by atomic mass is 10.3. The molecule has 0 aromatic rings. The number of carbonyl (C=O) groups excluding carboxylic acids is 1. The number of carbonyl (C=O) groups is 1. The zero-order valence-corrected chi connectivity index (χ0v) is 8.78. The number of rotatable bonds is 2. The first-order chi connectivity index (χ1) is 6.72. The molecule has 14 heavy (non-hydrogen) atoms. The maximum absolute atomic E-state index is 10.7. The molecule has 0 aromatic heterocycles. The Kier molecular flexibility index (Phi) is 4.43. The molecule has 0 N–H and O–H groups in total. The van der Waals surface area contributed by atoms with Crippen molar-refractivity contribution in [2.45, 2.75) is 45.6 Å². The molecular weight excluding hydrogens is 182 g/mol. The summed E-state index contributed by atoms with van der Waals surface area (Å²) >= 11 is 0. The third kappa shape index (κ3) is 3.77. The average molecular weight is 199 g/mol. The van der Waals surface area contributed by atoms with Gasteiger partial charge in [0.2, 0.25) is 0 Å². The molecule has 4 nitrogen and oxygen atoms in total. The van der Waals surface area contributed by atoms with Crippen LogP contribution in [0.25, 0.3) is 0 Å². The van der Waals surface area contributed by atoms with Crippen LogP contribution in [0.3, 0.4) is 0 Å². The summed E-state index contributed by atoms with van der Waals surface area (Å²) < 4.78 is 10.3. The quantitative estimate of drug-likeness (QED) is 0.387. The Hall–Kier alpha value is -1.06. The molecule has 0 unspecified atom stereocenters. The second kappa shape index (κ2) is 5.62. The van der Waals surface area contributed by atoms with Gasteiger partial charge in [-0.2, -0.15) is 0 Å². The van der Waals surface area contributed by atoms with E-state index in [-0.39, 0.29) is 18.2 Å². The van der Waals surface area contributed by atoms with Gasteiger partial charge in [-0.3, -0.25) is 4.79 Å². The molecule has 0 radical (unpaired) electrons. The van der Waals surface area contributed by atoms with Crippen molar-refractivity contribution in [1.82, 2.24) is 0 Å². The van der Waals surface area contributed by atoms with Gasteiger partial charge in [0, 0.05) is 13.5 Å². The smallest absolute Gasteiger partial charge is 0.391 e. The zero-order valence-electron chi connectivity index (χ0n) is 8.78. The van der Waals surface area contributed by atoms with Crippen LogP contribution in [0.2, 0.25) is 0 Å². The van der Waals surface area contributed by atoms with E-state index in [0.717, 1.165) is 12.8 Å². The summed E-state index contributed by atoms with van der Waals surface area (Å²) in [5, 5.41) is 0. The van der Waals surface area contributed by atoms with E-state index >= 15 is 0 Å². The summed E-state index contributed by atoms with van der Waals surface area (Å²) in [5.41, 5.74) is 0. The van der Waals surface area contributed by atoms with Gasteiger partial charge in [0.1, 0.15) is 6.10 Å². The molecule has 0 atom stereocenters. The maximum Gasteiger partial charge on any atom is 0.391 e. The van der Waals surface area contributed by atoms with Crippen LogP contribution in [0.15, 0.2) is 4.99 Å². The van der Waals surface area contributed by atoms with Crippen LogP contribution < -0.4 is 0 Å². The van der Waals surface area contributed by atoms with Gasteiger partial charge in [0.25, 0.3) is 0 Å². The van der Waals surface area contributed by atoms with Crippen molar-refractivity contribution >= 4 is 12.1 Å². The van der Waals surface area contributed by atoms with Crippen molar-refractivity contribution < 1.29 is 14.3 Å². The largest absolute Gasteiger partial charge is 0.447 e. The maximum atomic E-state index is 10.7. The lowest BCUT2D eigenvalue weighted by Crippen LogP contribution is -2.20. The van der Waals surface area contributed by atoms with Gasteiger partial charge in [0.15, 0.2) is 0 Å². The molecule has 1 aliphatic rings. The Morgan fingerprint density at radius 1 is 1.43 bits per heavy atom. The minimum absolute atomic E-state index is 0.131. The van der Waals surface area contributed by atoms with Gasteiger partial charge in [-0.1, -0.05) is 0 Å². The molecule has 0 aliphatic heterocycles. The van der Waals surface area contributed by atoms with Crippen molar-refractivity contribution in [2.75, 3.05) is 6.54 Å². The average Bonchev–Trinajstić information content (AvgIpc) is 2.56. The van der Waals surface area contributed by atoms with Crippen LogP contribution in [-0.2, 0) is 14.3 Å². The predicted octanol–water partition coefficient (Wildman–Crippen LogP) is 1.88. The van der Waals surface area contributed by atoms with E-state index in [1.54, 1.807) is 0 Å². The highest BCUT2D eigenvalue weighted by molar-refractivity contribution is 5.82.